The first-order valence-electron chi connectivity index (χ1n) is 5.79. The second-order valence-corrected chi connectivity index (χ2v) is 4.07. The minimum absolute atomic E-state index is 0.0518. The van der Waals surface area contributed by atoms with E-state index >= 15 is 0 Å². The molecule has 0 saturated heterocycles. The van der Waals surface area contributed by atoms with Gasteiger partial charge in [-0.3, -0.25) is 19.9 Å². The molecule has 0 unspecified atom stereocenters. The van der Waals surface area contributed by atoms with Crippen molar-refractivity contribution in [1.29, 1.82) is 0 Å². The molecule has 0 aliphatic rings. The lowest BCUT2D eigenvalue weighted by molar-refractivity contribution is -0.385. The van der Waals surface area contributed by atoms with Crippen molar-refractivity contribution in [1.82, 2.24) is 10.3 Å². The van der Waals surface area contributed by atoms with Gasteiger partial charge in [0.25, 0.3) is 11.6 Å². The van der Waals surface area contributed by atoms with Crippen molar-refractivity contribution in [2.45, 2.75) is 6.54 Å². The summed E-state index contributed by atoms with van der Waals surface area (Å²) in [4.78, 5) is 26.1. The van der Waals surface area contributed by atoms with Gasteiger partial charge < -0.3 is 11.1 Å². The van der Waals surface area contributed by atoms with Crippen LogP contribution in [0.15, 0.2) is 42.7 Å². The predicted octanol–water partition coefficient (Wildman–Crippen LogP) is 1.50. The van der Waals surface area contributed by atoms with Gasteiger partial charge in [0, 0.05) is 30.7 Å². The Morgan fingerprint density at radius 1 is 1.30 bits per heavy atom. The molecule has 1 aromatic carbocycles. The maximum Gasteiger partial charge on any atom is 0.282 e. The van der Waals surface area contributed by atoms with Crippen molar-refractivity contribution < 1.29 is 9.72 Å². The van der Waals surface area contributed by atoms with E-state index < -0.39 is 10.8 Å². The summed E-state index contributed by atoms with van der Waals surface area (Å²) in [5, 5.41) is 13.5. The van der Waals surface area contributed by atoms with Crippen molar-refractivity contribution in [3.63, 3.8) is 0 Å². The highest BCUT2D eigenvalue weighted by Gasteiger charge is 2.19. The molecule has 0 atom stereocenters. The van der Waals surface area contributed by atoms with Gasteiger partial charge in [0.15, 0.2) is 0 Å². The molecule has 20 heavy (non-hydrogen) atoms. The molecule has 0 spiro atoms. The van der Waals surface area contributed by atoms with Gasteiger partial charge in [-0.15, -0.1) is 0 Å². The van der Waals surface area contributed by atoms with Crippen molar-refractivity contribution in [3.05, 3.63) is 64.0 Å². The van der Waals surface area contributed by atoms with E-state index in [-0.39, 0.29) is 17.8 Å². The second-order valence-electron chi connectivity index (χ2n) is 4.07. The summed E-state index contributed by atoms with van der Waals surface area (Å²) >= 11 is 0. The van der Waals surface area contributed by atoms with Crippen LogP contribution in [0.5, 0.6) is 0 Å². The number of nitrogens with two attached hydrogens (primary N) is 1. The first kappa shape index (κ1) is 13.5. The number of nitrogens with zero attached hydrogens (tertiary/aromatic N) is 2. The van der Waals surface area contributed by atoms with E-state index in [0.717, 1.165) is 5.56 Å². The zero-order valence-electron chi connectivity index (χ0n) is 10.4. The standard InChI is InChI=1S/C13H12N4O3/c14-10-1-2-12(17(19)20)11(7-10)13(18)16-8-9-3-5-15-6-4-9/h1-7H,8,14H2,(H,16,18). The fourth-order valence-corrected chi connectivity index (χ4v) is 1.67. The van der Waals surface area contributed by atoms with Gasteiger partial charge in [-0.1, -0.05) is 0 Å². The molecule has 102 valence electrons. The fraction of sp³-hybridized carbons (Fsp3) is 0.0769. The molecule has 1 heterocycles. The van der Waals surface area contributed by atoms with E-state index in [0.29, 0.717) is 5.69 Å². The van der Waals surface area contributed by atoms with Gasteiger partial charge >= 0.3 is 0 Å². The molecule has 1 amide bonds. The molecule has 7 heteroatoms. The zero-order valence-corrected chi connectivity index (χ0v) is 10.4. The lowest BCUT2D eigenvalue weighted by Crippen LogP contribution is -2.23. The number of carbonyl (C=O) groups excluding carboxylic acids is 1. The minimum Gasteiger partial charge on any atom is -0.399 e. The highest BCUT2D eigenvalue weighted by Crippen LogP contribution is 2.21. The third-order valence-electron chi connectivity index (χ3n) is 2.66. The third kappa shape index (κ3) is 3.08. The Hall–Kier alpha value is -2.96. The van der Waals surface area contributed by atoms with Gasteiger partial charge in [-0.25, -0.2) is 0 Å². The average molecular weight is 272 g/mol. The fourth-order valence-electron chi connectivity index (χ4n) is 1.67. The number of nitrogen functional groups attached to an aromatic ring is 1. The molecule has 0 fully saturated rings. The van der Waals surface area contributed by atoms with Crippen molar-refractivity contribution in [2.24, 2.45) is 0 Å². The molecular weight excluding hydrogens is 260 g/mol. The average Bonchev–Trinajstić information content (AvgIpc) is 2.45. The largest absolute Gasteiger partial charge is 0.399 e. The van der Waals surface area contributed by atoms with E-state index in [9.17, 15) is 14.9 Å². The second kappa shape index (κ2) is 5.79. The number of anilines is 1. The number of hydrogen-bond acceptors (Lipinski definition) is 5. The lowest BCUT2D eigenvalue weighted by Gasteiger charge is -2.06. The summed E-state index contributed by atoms with van der Waals surface area (Å²) in [7, 11) is 0. The number of nitro groups is 1. The van der Waals surface area contributed by atoms with Crippen LogP contribution < -0.4 is 11.1 Å². The van der Waals surface area contributed by atoms with Crippen LogP contribution in [0.4, 0.5) is 11.4 Å². The Morgan fingerprint density at radius 2 is 2.00 bits per heavy atom. The maximum absolute atomic E-state index is 12.0. The zero-order chi connectivity index (χ0) is 14.5. The van der Waals surface area contributed by atoms with Crippen LogP contribution in [0.2, 0.25) is 0 Å². The molecular formula is C13H12N4O3. The molecule has 0 saturated carbocycles. The number of hydrogen-bond donors (Lipinski definition) is 2. The van der Waals surface area contributed by atoms with Crippen LogP contribution in [0, 0.1) is 10.1 Å². The number of nitrogens with one attached hydrogen (secondary N) is 1. The number of pyridine rings is 1. The highest BCUT2D eigenvalue weighted by molar-refractivity contribution is 5.98. The van der Waals surface area contributed by atoms with Crippen LogP contribution >= 0.6 is 0 Å². The maximum atomic E-state index is 12.0. The predicted molar refractivity (Wildman–Crippen MR) is 72.9 cm³/mol. The quantitative estimate of drug-likeness (QED) is 0.497. The van der Waals surface area contributed by atoms with E-state index in [1.54, 1.807) is 24.5 Å². The van der Waals surface area contributed by atoms with Crippen LogP contribution in [-0.2, 0) is 6.54 Å². The number of carbonyl (C=O) groups is 1. The van der Waals surface area contributed by atoms with Crippen molar-refractivity contribution >= 4 is 17.3 Å². The van der Waals surface area contributed by atoms with Gasteiger partial charge in [0.1, 0.15) is 5.56 Å². The first-order chi connectivity index (χ1) is 9.58. The monoisotopic (exact) mass is 272 g/mol. The summed E-state index contributed by atoms with van der Waals surface area (Å²) in [6.45, 7) is 0.257. The van der Waals surface area contributed by atoms with E-state index in [1.807, 2.05) is 0 Å². The molecule has 0 aliphatic heterocycles. The SMILES string of the molecule is Nc1ccc([N+](=O)[O-])c(C(=O)NCc2ccncc2)c1. The normalized spacial score (nSPS) is 10.0. The van der Waals surface area contributed by atoms with Gasteiger partial charge in [-0.05, 0) is 29.8 Å². The Kier molecular flexibility index (Phi) is 3.90. The molecule has 0 radical (unpaired) electrons. The third-order valence-corrected chi connectivity index (χ3v) is 2.66. The molecule has 7 nitrogen and oxygen atoms in total. The Morgan fingerprint density at radius 3 is 2.65 bits per heavy atom. The van der Waals surface area contributed by atoms with E-state index in [4.69, 9.17) is 5.73 Å². The number of rotatable bonds is 4. The molecule has 3 N–H and O–H groups in total. The summed E-state index contributed by atoms with van der Waals surface area (Å²) < 4.78 is 0. The van der Waals surface area contributed by atoms with Crippen LogP contribution in [0.3, 0.4) is 0 Å². The summed E-state index contributed by atoms with van der Waals surface area (Å²) in [5.41, 5.74) is 6.38. The summed E-state index contributed by atoms with van der Waals surface area (Å²) in [6.07, 6.45) is 3.20. The molecule has 1 aromatic heterocycles. The van der Waals surface area contributed by atoms with Crippen LogP contribution in [-0.4, -0.2) is 15.8 Å². The highest BCUT2D eigenvalue weighted by atomic mass is 16.6. The van der Waals surface area contributed by atoms with Gasteiger partial charge in [0.2, 0.25) is 0 Å². The van der Waals surface area contributed by atoms with Crippen molar-refractivity contribution in [2.75, 3.05) is 5.73 Å². The summed E-state index contributed by atoms with van der Waals surface area (Å²) in [6, 6.07) is 7.39. The number of amides is 1. The molecule has 0 aliphatic carbocycles. The minimum atomic E-state index is -0.610. The Labute approximate surface area is 114 Å². The van der Waals surface area contributed by atoms with E-state index in [1.165, 1.54) is 18.2 Å². The number of nitro benzene ring substituents is 1. The van der Waals surface area contributed by atoms with Crippen molar-refractivity contribution in [3.8, 4) is 0 Å². The first-order valence-corrected chi connectivity index (χ1v) is 5.79. The lowest BCUT2D eigenvalue weighted by atomic mass is 10.1. The smallest absolute Gasteiger partial charge is 0.282 e. The van der Waals surface area contributed by atoms with Gasteiger partial charge in [-0.2, -0.15) is 0 Å². The Balaban J connectivity index is 2.17. The van der Waals surface area contributed by atoms with Crippen LogP contribution in [0.1, 0.15) is 15.9 Å². The van der Waals surface area contributed by atoms with Crippen LogP contribution in [0.25, 0.3) is 0 Å². The topological polar surface area (TPSA) is 111 Å². The van der Waals surface area contributed by atoms with Gasteiger partial charge in [0.05, 0.1) is 4.92 Å². The molecule has 0 bridgehead atoms. The summed E-state index contributed by atoms with van der Waals surface area (Å²) in [5.74, 6) is -0.541. The molecule has 2 aromatic rings. The number of aromatic nitrogens is 1. The Bertz CT molecular complexity index is 643. The number of benzene rings is 1. The van der Waals surface area contributed by atoms with E-state index in [2.05, 4.69) is 10.3 Å². The molecule has 2 rings (SSSR count).